The molecular weight excluding hydrogens is 164 g/mol. The van der Waals surface area contributed by atoms with Gasteiger partial charge in [-0.15, -0.1) is 0 Å². The summed E-state index contributed by atoms with van der Waals surface area (Å²) in [7, 11) is 2.18. The number of rotatable bonds is 1. The van der Waals surface area contributed by atoms with Crippen LogP contribution in [-0.2, 0) is 4.74 Å². The minimum Gasteiger partial charge on any atom is -0.374 e. The number of ether oxygens (including phenoxy) is 1. The number of nitrogens with zero attached hydrogens (tertiary/aromatic N) is 1. The summed E-state index contributed by atoms with van der Waals surface area (Å²) in [5.74, 6) is 0. The molecule has 0 aliphatic carbocycles. The van der Waals surface area contributed by atoms with E-state index in [4.69, 9.17) is 4.74 Å². The van der Waals surface area contributed by atoms with Crippen LogP contribution >= 0.6 is 0 Å². The summed E-state index contributed by atoms with van der Waals surface area (Å²) in [4.78, 5) is 2.37. The molecule has 0 aromatic rings. The van der Waals surface area contributed by atoms with Crippen molar-refractivity contribution in [2.24, 2.45) is 0 Å². The van der Waals surface area contributed by atoms with Gasteiger partial charge in [0.25, 0.3) is 0 Å². The SMILES string of the molecule is CN1CCOC(C2CCCCN2)C1. The van der Waals surface area contributed by atoms with E-state index in [9.17, 15) is 0 Å². The van der Waals surface area contributed by atoms with E-state index in [0.29, 0.717) is 12.1 Å². The van der Waals surface area contributed by atoms with Crippen LogP contribution in [0.15, 0.2) is 0 Å². The lowest BCUT2D eigenvalue weighted by molar-refractivity contribution is -0.0426. The highest BCUT2D eigenvalue weighted by molar-refractivity contribution is 4.84. The van der Waals surface area contributed by atoms with Crippen LogP contribution in [-0.4, -0.2) is 50.3 Å². The Morgan fingerprint density at radius 2 is 2.31 bits per heavy atom. The van der Waals surface area contributed by atoms with Crippen molar-refractivity contribution in [3.63, 3.8) is 0 Å². The third-order valence-electron chi connectivity index (χ3n) is 3.09. The maximum atomic E-state index is 5.78. The highest BCUT2D eigenvalue weighted by Crippen LogP contribution is 2.15. The Hall–Kier alpha value is -0.120. The van der Waals surface area contributed by atoms with Gasteiger partial charge in [0.1, 0.15) is 0 Å². The van der Waals surface area contributed by atoms with Gasteiger partial charge in [-0.25, -0.2) is 0 Å². The van der Waals surface area contributed by atoms with Crippen molar-refractivity contribution in [2.75, 3.05) is 33.3 Å². The lowest BCUT2D eigenvalue weighted by atomic mass is 9.99. The first kappa shape index (κ1) is 9.44. The molecule has 2 unspecified atom stereocenters. The van der Waals surface area contributed by atoms with Crippen LogP contribution in [0.5, 0.6) is 0 Å². The molecule has 0 aromatic carbocycles. The predicted molar refractivity (Wildman–Crippen MR) is 52.9 cm³/mol. The Morgan fingerprint density at radius 1 is 1.38 bits per heavy atom. The molecule has 13 heavy (non-hydrogen) atoms. The summed E-state index contributed by atoms with van der Waals surface area (Å²) in [6.45, 7) is 4.26. The van der Waals surface area contributed by atoms with E-state index in [0.717, 1.165) is 19.7 Å². The minimum atomic E-state index is 0.430. The molecule has 0 radical (unpaired) electrons. The molecule has 0 aromatic heterocycles. The van der Waals surface area contributed by atoms with E-state index in [1.165, 1.54) is 25.8 Å². The molecule has 0 bridgehead atoms. The Balaban J connectivity index is 1.83. The molecule has 0 saturated carbocycles. The smallest absolute Gasteiger partial charge is 0.0855 e. The first-order chi connectivity index (χ1) is 6.36. The summed E-state index contributed by atoms with van der Waals surface area (Å²) >= 11 is 0. The number of piperidine rings is 1. The molecule has 2 saturated heterocycles. The molecule has 3 heteroatoms. The average molecular weight is 184 g/mol. The third kappa shape index (κ3) is 2.42. The molecule has 2 fully saturated rings. The van der Waals surface area contributed by atoms with E-state index in [-0.39, 0.29) is 0 Å². The van der Waals surface area contributed by atoms with Gasteiger partial charge in [-0.1, -0.05) is 6.42 Å². The zero-order valence-corrected chi connectivity index (χ0v) is 8.46. The topological polar surface area (TPSA) is 24.5 Å². The van der Waals surface area contributed by atoms with Gasteiger partial charge >= 0.3 is 0 Å². The van der Waals surface area contributed by atoms with E-state index in [1.807, 2.05) is 0 Å². The number of hydrogen-bond acceptors (Lipinski definition) is 3. The number of morpholine rings is 1. The number of nitrogens with one attached hydrogen (secondary N) is 1. The van der Waals surface area contributed by atoms with Gasteiger partial charge in [0.15, 0.2) is 0 Å². The second kappa shape index (κ2) is 4.40. The van der Waals surface area contributed by atoms with Crippen molar-refractivity contribution in [1.29, 1.82) is 0 Å². The summed E-state index contributed by atoms with van der Waals surface area (Å²) < 4.78 is 5.78. The number of likely N-dealkylation sites (N-methyl/N-ethyl adjacent to an activating group) is 1. The Bertz CT molecular complexity index is 157. The Labute approximate surface area is 80.4 Å². The zero-order valence-electron chi connectivity index (χ0n) is 8.46. The van der Waals surface area contributed by atoms with Gasteiger partial charge in [-0.05, 0) is 26.4 Å². The molecule has 2 atom stereocenters. The molecular formula is C10H20N2O. The largest absolute Gasteiger partial charge is 0.374 e. The monoisotopic (exact) mass is 184 g/mol. The van der Waals surface area contributed by atoms with Crippen LogP contribution in [0.25, 0.3) is 0 Å². The lowest BCUT2D eigenvalue weighted by Gasteiger charge is -2.37. The van der Waals surface area contributed by atoms with Crippen LogP contribution < -0.4 is 5.32 Å². The maximum Gasteiger partial charge on any atom is 0.0855 e. The van der Waals surface area contributed by atoms with Gasteiger partial charge in [-0.3, -0.25) is 0 Å². The van der Waals surface area contributed by atoms with Gasteiger partial charge in [0.2, 0.25) is 0 Å². The molecule has 2 rings (SSSR count). The van der Waals surface area contributed by atoms with E-state index in [2.05, 4.69) is 17.3 Å². The highest BCUT2D eigenvalue weighted by Gasteiger charge is 2.27. The van der Waals surface area contributed by atoms with Crippen molar-refractivity contribution in [1.82, 2.24) is 10.2 Å². The molecule has 0 spiro atoms. The molecule has 3 nitrogen and oxygen atoms in total. The molecule has 2 heterocycles. The summed E-state index contributed by atoms with van der Waals surface area (Å²) in [6.07, 6.45) is 4.41. The highest BCUT2D eigenvalue weighted by atomic mass is 16.5. The van der Waals surface area contributed by atoms with Crippen LogP contribution in [0.4, 0.5) is 0 Å². The summed E-state index contributed by atoms with van der Waals surface area (Å²) in [6, 6.07) is 0.608. The molecule has 2 aliphatic heterocycles. The predicted octanol–water partition coefficient (Wildman–Crippen LogP) is 0.459. The lowest BCUT2D eigenvalue weighted by Crippen LogP contribution is -2.52. The quantitative estimate of drug-likeness (QED) is 0.641. The van der Waals surface area contributed by atoms with Crippen LogP contribution in [0, 0.1) is 0 Å². The average Bonchev–Trinajstić information content (AvgIpc) is 2.19. The fourth-order valence-electron chi connectivity index (χ4n) is 2.25. The summed E-state index contributed by atoms with van der Waals surface area (Å²) in [5.41, 5.74) is 0. The van der Waals surface area contributed by atoms with Crippen LogP contribution in [0.3, 0.4) is 0 Å². The second-order valence-electron chi connectivity index (χ2n) is 4.23. The maximum absolute atomic E-state index is 5.78. The number of hydrogen-bond donors (Lipinski definition) is 1. The molecule has 1 N–H and O–H groups in total. The third-order valence-corrected chi connectivity index (χ3v) is 3.09. The zero-order chi connectivity index (χ0) is 9.10. The summed E-state index contributed by atoms with van der Waals surface area (Å²) in [5, 5.41) is 3.56. The second-order valence-corrected chi connectivity index (χ2v) is 4.23. The standard InChI is InChI=1S/C10H20N2O/c1-12-6-7-13-10(8-12)9-4-2-3-5-11-9/h9-11H,2-8H2,1H3. The van der Waals surface area contributed by atoms with Gasteiger partial charge in [-0.2, -0.15) is 0 Å². The minimum absolute atomic E-state index is 0.430. The first-order valence-corrected chi connectivity index (χ1v) is 5.40. The van der Waals surface area contributed by atoms with Gasteiger partial charge in [0.05, 0.1) is 12.7 Å². The van der Waals surface area contributed by atoms with Crippen molar-refractivity contribution >= 4 is 0 Å². The molecule has 2 aliphatic rings. The van der Waals surface area contributed by atoms with Crippen molar-refractivity contribution in [3.8, 4) is 0 Å². The Morgan fingerprint density at radius 3 is 3.00 bits per heavy atom. The van der Waals surface area contributed by atoms with Crippen molar-refractivity contribution in [2.45, 2.75) is 31.4 Å². The van der Waals surface area contributed by atoms with Gasteiger partial charge in [0, 0.05) is 19.1 Å². The normalized spacial score (nSPS) is 37.6. The van der Waals surface area contributed by atoms with Gasteiger partial charge < -0.3 is 15.0 Å². The van der Waals surface area contributed by atoms with E-state index < -0.39 is 0 Å². The first-order valence-electron chi connectivity index (χ1n) is 5.40. The van der Waals surface area contributed by atoms with Crippen molar-refractivity contribution in [3.05, 3.63) is 0 Å². The fraction of sp³-hybridized carbons (Fsp3) is 1.00. The van der Waals surface area contributed by atoms with E-state index in [1.54, 1.807) is 0 Å². The van der Waals surface area contributed by atoms with E-state index >= 15 is 0 Å². The fourth-order valence-corrected chi connectivity index (χ4v) is 2.25. The molecule has 0 amide bonds. The van der Waals surface area contributed by atoms with Crippen molar-refractivity contribution < 1.29 is 4.74 Å². The van der Waals surface area contributed by atoms with Crippen LogP contribution in [0.2, 0.25) is 0 Å². The molecule has 76 valence electrons. The Kier molecular flexibility index (Phi) is 3.19. The van der Waals surface area contributed by atoms with Crippen LogP contribution in [0.1, 0.15) is 19.3 Å².